The minimum Gasteiger partial charge on any atom is -0.463 e. The zero-order valence-corrected chi connectivity index (χ0v) is 16.5. The summed E-state index contributed by atoms with van der Waals surface area (Å²) in [6, 6.07) is 1.70. The molecule has 1 heterocycles. The molecule has 0 saturated carbocycles. The van der Waals surface area contributed by atoms with E-state index in [9.17, 15) is 29.2 Å². The molecule has 1 aliphatic heterocycles. The van der Waals surface area contributed by atoms with Crippen molar-refractivity contribution in [2.45, 2.75) is 64.8 Å². The van der Waals surface area contributed by atoms with Crippen molar-refractivity contribution in [3.05, 3.63) is 0 Å². The predicted molar refractivity (Wildman–Crippen MR) is 90.3 cm³/mol. The van der Waals surface area contributed by atoms with E-state index in [1.807, 2.05) is 0 Å². The highest BCUT2D eigenvalue weighted by molar-refractivity contribution is 5.75. The molecule has 0 aromatic rings. The summed E-state index contributed by atoms with van der Waals surface area (Å²) < 4.78 is 25.9. The number of nitrogens with one attached hydrogen (secondary N) is 1. The summed E-state index contributed by atoms with van der Waals surface area (Å²) in [5, 5.41) is 12.0. The van der Waals surface area contributed by atoms with Gasteiger partial charge in [0.25, 0.3) is 5.72 Å². The van der Waals surface area contributed by atoms with Gasteiger partial charge in [0.05, 0.1) is 0 Å². The van der Waals surface area contributed by atoms with Crippen LogP contribution in [-0.4, -0.2) is 66.5 Å². The highest BCUT2D eigenvalue weighted by Gasteiger charge is 2.61. The Bertz CT molecular complexity index is 730. The average Bonchev–Trinajstić information content (AvgIpc) is 2.57. The second kappa shape index (κ2) is 9.83. The van der Waals surface area contributed by atoms with Crippen LogP contribution in [0.5, 0.6) is 0 Å². The zero-order chi connectivity index (χ0) is 22.4. The minimum absolute atomic E-state index is 0.513. The molecule has 29 heavy (non-hydrogen) atoms. The van der Waals surface area contributed by atoms with Crippen LogP contribution in [0.1, 0.15) is 34.6 Å². The maximum Gasteiger partial charge on any atom is 0.303 e. The van der Waals surface area contributed by atoms with Crippen LogP contribution in [0.3, 0.4) is 0 Å². The Balaban J connectivity index is 3.56. The van der Waals surface area contributed by atoms with Gasteiger partial charge in [-0.05, 0) is 0 Å². The van der Waals surface area contributed by atoms with E-state index in [1.165, 1.54) is 0 Å². The van der Waals surface area contributed by atoms with E-state index in [0.29, 0.717) is 0 Å². The first kappa shape index (κ1) is 23.8. The number of hydrogen-bond donors (Lipinski definition) is 1. The molecule has 1 fully saturated rings. The van der Waals surface area contributed by atoms with Crippen molar-refractivity contribution in [2.24, 2.45) is 0 Å². The van der Waals surface area contributed by atoms with Gasteiger partial charge in [-0.2, -0.15) is 5.26 Å². The Morgan fingerprint density at radius 3 is 1.83 bits per heavy atom. The molecule has 0 aromatic carbocycles. The van der Waals surface area contributed by atoms with Gasteiger partial charge in [0.2, 0.25) is 12.0 Å². The average molecular weight is 414 g/mol. The molecule has 160 valence electrons. The van der Waals surface area contributed by atoms with E-state index < -0.39 is 66.5 Å². The van der Waals surface area contributed by atoms with Crippen LogP contribution in [-0.2, 0) is 47.7 Å². The lowest BCUT2D eigenvalue weighted by Gasteiger charge is -2.47. The van der Waals surface area contributed by atoms with E-state index in [4.69, 9.17) is 23.7 Å². The van der Waals surface area contributed by atoms with Gasteiger partial charge in [-0.25, -0.2) is 0 Å². The Labute approximate surface area is 166 Å². The van der Waals surface area contributed by atoms with Gasteiger partial charge in [0.15, 0.2) is 12.2 Å². The van der Waals surface area contributed by atoms with Crippen LogP contribution < -0.4 is 5.32 Å². The number of esters is 4. The fourth-order valence-corrected chi connectivity index (χ4v) is 2.78. The lowest BCUT2D eigenvalue weighted by molar-refractivity contribution is -0.276. The minimum atomic E-state index is -2.32. The molecule has 0 bridgehead atoms. The Hall–Kier alpha value is -3.20. The second-order valence-electron chi connectivity index (χ2n) is 6.17. The van der Waals surface area contributed by atoms with E-state index in [-0.39, 0.29) is 0 Å². The molecule has 12 heteroatoms. The van der Waals surface area contributed by atoms with Gasteiger partial charge < -0.3 is 29.0 Å². The second-order valence-corrected chi connectivity index (χ2v) is 6.17. The molecule has 0 aromatic heterocycles. The van der Waals surface area contributed by atoms with Gasteiger partial charge in [0, 0.05) is 34.6 Å². The summed E-state index contributed by atoms with van der Waals surface area (Å²) in [5.74, 6) is -3.99. The number of carbonyl (C=O) groups excluding carboxylic acids is 5. The van der Waals surface area contributed by atoms with Gasteiger partial charge in [-0.15, -0.1) is 0 Å². The van der Waals surface area contributed by atoms with E-state index in [1.54, 1.807) is 6.07 Å². The van der Waals surface area contributed by atoms with Crippen LogP contribution in [0.2, 0.25) is 0 Å². The monoisotopic (exact) mass is 414 g/mol. The molecule has 1 aliphatic rings. The maximum absolute atomic E-state index is 11.7. The molecule has 0 radical (unpaired) electrons. The molecule has 1 rings (SSSR count). The highest BCUT2D eigenvalue weighted by Crippen LogP contribution is 2.34. The van der Waals surface area contributed by atoms with Crippen molar-refractivity contribution in [2.75, 3.05) is 6.61 Å². The van der Waals surface area contributed by atoms with Crippen molar-refractivity contribution < 1.29 is 47.7 Å². The number of nitrogens with zero attached hydrogens (tertiary/aromatic N) is 1. The van der Waals surface area contributed by atoms with Crippen molar-refractivity contribution in [1.82, 2.24) is 5.32 Å². The fraction of sp³-hybridized carbons (Fsp3) is 0.647. The zero-order valence-electron chi connectivity index (χ0n) is 16.5. The van der Waals surface area contributed by atoms with E-state index in [0.717, 1.165) is 34.6 Å². The number of amides is 1. The lowest BCUT2D eigenvalue weighted by Crippen LogP contribution is -2.72. The molecule has 5 atom stereocenters. The third-order valence-electron chi connectivity index (χ3n) is 3.60. The number of nitriles is 1. The van der Waals surface area contributed by atoms with Gasteiger partial charge in [-0.3, -0.25) is 24.0 Å². The standard InChI is InChI=1S/C17H22N2O10/c1-8(20)19-17(7-18)16(28-12(5)24)15(27-11(4)23)14(26-10(3)22)13(29-17)6-25-9(2)21/h13-16H,6H2,1-5H3,(H,19,20)/t13-,14+,15+,16-,17+/m1/s1. The topological polar surface area (TPSA) is 167 Å². The summed E-state index contributed by atoms with van der Waals surface area (Å²) in [5.41, 5.74) is -2.32. The van der Waals surface area contributed by atoms with Crippen LogP contribution in [0.15, 0.2) is 0 Å². The molecular weight excluding hydrogens is 392 g/mol. The summed E-state index contributed by atoms with van der Waals surface area (Å²) in [4.78, 5) is 57.8. The Morgan fingerprint density at radius 1 is 0.897 bits per heavy atom. The molecule has 0 aliphatic carbocycles. The summed E-state index contributed by atoms with van der Waals surface area (Å²) >= 11 is 0. The van der Waals surface area contributed by atoms with Crippen LogP contribution in [0.25, 0.3) is 0 Å². The lowest BCUT2D eigenvalue weighted by atomic mass is 9.90. The fourth-order valence-electron chi connectivity index (χ4n) is 2.78. The molecule has 0 spiro atoms. The number of hydrogen-bond acceptors (Lipinski definition) is 11. The smallest absolute Gasteiger partial charge is 0.303 e. The summed E-state index contributed by atoms with van der Waals surface area (Å²) in [6.07, 6.45) is -6.02. The number of carbonyl (C=O) groups is 5. The first-order valence-electron chi connectivity index (χ1n) is 8.44. The van der Waals surface area contributed by atoms with Crippen molar-refractivity contribution in [3.63, 3.8) is 0 Å². The predicted octanol–water partition coefficient (Wildman–Crippen LogP) is -0.901. The maximum atomic E-state index is 11.7. The largest absolute Gasteiger partial charge is 0.463 e. The molecule has 1 N–H and O–H groups in total. The molecular formula is C17H22N2O10. The molecule has 12 nitrogen and oxygen atoms in total. The highest BCUT2D eigenvalue weighted by atomic mass is 16.7. The Morgan fingerprint density at radius 2 is 1.41 bits per heavy atom. The summed E-state index contributed by atoms with van der Waals surface area (Å²) in [6.45, 7) is 4.80. The van der Waals surface area contributed by atoms with Crippen LogP contribution >= 0.6 is 0 Å². The third kappa shape index (κ3) is 6.42. The summed E-state index contributed by atoms with van der Waals surface area (Å²) in [7, 11) is 0. The van der Waals surface area contributed by atoms with E-state index >= 15 is 0 Å². The number of ether oxygens (including phenoxy) is 5. The Kier molecular flexibility index (Phi) is 8.08. The molecule has 1 saturated heterocycles. The van der Waals surface area contributed by atoms with Gasteiger partial charge >= 0.3 is 23.9 Å². The van der Waals surface area contributed by atoms with E-state index in [2.05, 4.69) is 5.32 Å². The van der Waals surface area contributed by atoms with Crippen molar-refractivity contribution in [3.8, 4) is 6.07 Å². The van der Waals surface area contributed by atoms with Crippen molar-refractivity contribution >= 4 is 29.8 Å². The van der Waals surface area contributed by atoms with Gasteiger partial charge in [0.1, 0.15) is 18.8 Å². The molecule has 0 unspecified atom stereocenters. The SMILES string of the molecule is CC(=O)N[C@@]1(C#N)O[C@H](COC(C)=O)[C@H](OC(C)=O)[C@H](OC(C)=O)[C@H]1OC(C)=O. The van der Waals surface area contributed by atoms with Crippen molar-refractivity contribution in [1.29, 1.82) is 5.26 Å². The van der Waals surface area contributed by atoms with Crippen LogP contribution in [0, 0.1) is 11.3 Å². The third-order valence-corrected chi connectivity index (χ3v) is 3.60. The first-order chi connectivity index (χ1) is 13.4. The van der Waals surface area contributed by atoms with Crippen LogP contribution in [0.4, 0.5) is 0 Å². The number of rotatable bonds is 6. The first-order valence-corrected chi connectivity index (χ1v) is 8.44. The quantitative estimate of drug-likeness (QED) is 0.422. The molecule has 1 amide bonds. The normalized spacial score (nSPS) is 28.3. The van der Waals surface area contributed by atoms with Gasteiger partial charge in [-0.1, -0.05) is 0 Å².